The molecule has 0 bridgehead atoms. The molecule has 1 heterocycles. The summed E-state index contributed by atoms with van der Waals surface area (Å²) in [7, 11) is 0. The molecule has 1 unspecified atom stereocenters. The molecule has 1 amide bonds. The highest BCUT2D eigenvalue weighted by molar-refractivity contribution is 5.98. The van der Waals surface area contributed by atoms with Gasteiger partial charge < -0.3 is 5.32 Å². The van der Waals surface area contributed by atoms with Gasteiger partial charge in [-0.15, -0.1) is 0 Å². The molecule has 1 N–H and O–H groups in total. The number of Topliss-reactive ketones (excluding diaryl/α,β-unsaturated/α-hetero) is 1. The molecular formula is C19H27FN2O2. The zero-order chi connectivity index (χ0) is 17.5. The SMILES string of the molecule is CC1CCN(C(C)CNC(=O)CCC(=O)c2ccccc2F)CC1. The Bertz CT molecular complexity index is 568. The lowest BCUT2D eigenvalue weighted by molar-refractivity contribution is -0.121. The fourth-order valence-corrected chi connectivity index (χ4v) is 3.00. The number of hydrogen-bond acceptors (Lipinski definition) is 3. The molecule has 0 aliphatic carbocycles. The number of carbonyl (C=O) groups is 2. The quantitative estimate of drug-likeness (QED) is 0.780. The van der Waals surface area contributed by atoms with Crippen molar-refractivity contribution in [2.75, 3.05) is 19.6 Å². The summed E-state index contributed by atoms with van der Waals surface area (Å²) in [6.07, 6.45) is 2.53. The molecule has 2 rings (SSSR count). The lowest BCUT2D eigenvalue weighted by Gasteiger charge is -2.35. The monoisotopic (exact) mass is 334 g/mol. The van der Waals surface area contributed by atoms with Gasteiger partial charge in [0.05, 0.1) is 5.56 Å². The first-order chi connectivity index (χ1) is 11.5. The summed E-state index contributed by atoms with van der Waals surface area (Å²) in [5.74, 6) is -0.235. The summed E-state index contributed by atoms with van der Waals surface area (Å²) >= 11 is 0. The predicted octanol–water partition coefficient (Wildman–Crippen LogP) is 3.03. The van der Waals surface area contributed by atoms with Crippen molar-refractivity contribution in [3.8, 4) is 0 Å². The van der Waals surface area contributed by atoms with Gasteiger partial charge in [-0.2, -0.15) is 0 Å². The highest BCUT2D eigenvalue weighted by Gasteiger charge is 2.20. The smallest absolute Gasteiger partial charge is 0.220 e. The Kier molecular flexibility index (Phi) is 6.91. The maximum Gasteiger partial charge on any atom is 0.220 e. The average Bonchev–Trinajstić information content (AvgIpc) is 2.58. The van der Waals surface area contributed by atoms with Crippen molar-refractivity contribution in [2.45, 2.75) is 45.6 Å². The van der Waals surface area contributed by atoms with Gasteiger partial charge in [0.25, 0.3) is 0 Å². The zero-order valence-corrected chi connectivity index (χ0v) is 14.6. The van der Waals surface area contributed by atoms with Gasteiger partial charge in [0, 0.05) is 25.4 Å². The molecule has 1 aliphatic rings. The zero-order valence-electron chi connectivity index (χ0n) is 14.6. The van der Waals surface area contributed by atoms with Gasteiger partial charge in [-0.1, -0.05) is 19.1 Å². The molecule has 1 aliphatic heterocycles. The first-order valence-electron chi connectivity index (χ1n) is 8.76. The van der Waals surface area contributed by atoms with E-state index in [1.807, 2.05) is 0 Å². The second-order valence-electron chi connectivity index (χ2n) is 6.77. The summed E-state index contributed by atoms with van der Waals surface area (Å²) in [6.45, 7) is 7.12. The molecule has 0 saturated carbocycles. The molecule has 1 atom stereocenters. The number of amides is 1. The minimum atomic E-state index is -0.532. The molecule has 1 fully saturated rings. The van der Waals surface area contributed by atoms with Crippen LogP contribution >= 0.6 is 0 Å². The van der Waals surface area contributed by atoms with E-state index in [2.05, 4.69) is 24.1 Å². The standard InChI is InChI=1S/C19H27FN2O2/c1-14-9-11-22(12-10-14)15(2)13-21-19(24)8-7-18(23)16-5-3-4-6-17(16)20/h3-6,14-15H,7-13H2,1-2H3,(H,21,24). The summed E-state index contributed by atoms with van der Waals surface area (Å²) < 4.78 is 13.5. The number of halogens is 1. The van der Waals surface area contributed by atoms with E-state index in [0.717, 1.165) is 19.0 Å². The summed E-state index contributed by atoms with van der Waals surface area (Å²) in [5.41, 5.74) is 0.0566. The number of rotatable bonds is 7. The molecule has 1 aromatic rings. The van der Waals surface area contributed by atoms with Crippen LogP contribution in [0.15, 0.2) is 24.3 Å². The van der Waals surface area contributed by atoms with Gasteiger partial charge in [0.15, 0.2) is 5.78 Å². The number of nitrogens with one attached hydrogen (secondary N) is 1. The van der Waals surface area contributed by atoms with Crippen LogP contribution in [0.1, 0.15) is 49.9 Å². The highest BCUT2D eigenvalue weighted by atomic mass is 19.1. The van der Waals surface area contributed by atoms with Crippen LogP contribution in [0.4, 0.5) is 4.39 Å². The van der Waals surface area contributed by atoms with Crippen LogP contribution in [0.3, 0.4) is 0 Å². The van der Waals surface area contributed by atoms with Crippen molar-refractivity contribution in [1.82, 2.24) is 10.2 Å². The normalized spacial score (nSPS) is 17.5. The van der Waals surface area contributed by atoms with Crippen molar-refractivity contribution in [2.24, 2.45) is 5.92 Å². The van der Waals surface area contributed by atoms with E-state index in [1.165, 1.54) is 25.0 Å². The molecular weight excluding hydrogens is 307 g/mol. The fraction of sp³-hybridized carbons (Fsp3) is 0.579. The molecule has 1 aromatic carbocycles. The second kappa shape index (κ2) is 8.92. The van der Waals surface area contributed by atoms with Crippen LogP contribution in [0.5, 0.6) is 0 Å². The number of likely N-dealkylation sites (tertiary alicyclic amines) is 1. The number of hydrogen-bond donors (Lipinski definition) is 1. The second-order valence-corrected chi connectivity index (χ2v) is 6.77. The van der Waals surface area contributed by atoms with E-state index in [9.17, 15) is 14.0 Å². The van der Waals surface area contributed by atoms with E-state index in [0.29, 0.717) is 12.6 Å². The van der Waals surface area contributed by atoms with Gasteiger partial charge in [-0.05, 0) is 50.9 Å². The van der Waals surface area contributed by atoms with Gasteiger partial charge in [-0.3, -0.25) is 14.5 Å². The minimum Gasteiger partial charge on any atom is -0.355 e. The molecule has 1 saturated heterocycles. The Morgan fingerprint density at radius 2 is 1.92 bits per heavy atom. The van der Waals surface area contributed by atoms with Crippen LogP contribution in [-0.4, -0.2) is 42.3 Å². The molecule has 4 nitrogen and oxygen atoms in total. The average molecular weight is 334 g/mol. The Morgan fingerprint density at radius 3 is 2.58 bits per heavy atom. The maximum atomic E-state index is 13.5. The van der Waals surface area contributed by atoms with E-state index < -0.39 is 5.82 Å². The van der Waals surface area contributed by atoms with Crippen LogP contribution < -0.4 is 5.32 Å². The fourth-order valence-electron chi connectivity index (χ4n) is 3.00. The van der Waals surface area contributed by atoms with Gasteiger partial charge in [0.1, 0.15) is 5.82 Å². The number of carbonyl (C=O) groups excluding carboxylic acids is 2. The largest absolute Gasteiger partial charge is 0.355 e. The molecule has 0 aromatic heterocycles. The lowest BCUT2D eigenvalue weighted by atomic mass is 9.98. The third-order valence-electron chi connectivity index (χ3n) is 4.79. The van der Waals surface area contributed by atoms with E-state index in [1.54, 1.807) is 12.1 Å². The van der Waals surface area contributed by atoms with Gasteiger partial charge in [0.2, 0.25) is 5.91 Å². The Labute approximate surface area is 143 Å². The van der Waals surface area contributed by atoms with Crippen LogP contribution in [0.2, 0.25) is 0 Å². The number of benzene rings is 1. The number of nitrogens with zero attached hydrogens (tertiary/aromatic N) is 1. The van der Waals surface area contributed by atoms with Gasteiger partial charge in [-0.25, -0.2) is 4.39 Å². The van der Waals surface area contributed by atoms with Gasteiger partial charge >= 0.3 is 0 Å². The molecule has 5 heteroatoms. The van der Waals surface area contributed by atoms with Crippen molar-refractivity contribution in [1.29, 1.82) is 0 Å². The third-order valence-corrected chi connectivity index (χ3v) is 4.79. The van der Waals surface area contributed by atoms with E-state index in [4.69, 9.17) is 0 Å². The summed E-state index contributed by atoms with van der Waals surface area (Å²) in [4.78, 5) is 26.3. The molecule has 0 radical (unpaired) electrons. The number of ketones is 1. The Balaban J connectivity index is 1.70. The van der Waals surface area contributed by atoms with Crippen LogP contribution in [-0.2, 0) is 4.79 Å². The first-order valence-corrected chi connectivity index (χ1v) is 8.76. The first kappa shape index (κ1) is 18.6. The topological polar surface area (TPSA) is 49.4 Å². The molecule has 0 spiro atoms. The number of piperidine rings is 1. The van der Waals surface area contributed by atoms with Crippen molar-refractivity contribution >= 4 is 11.7 Å². The van der Waals surface area contributed by atoms with E-state index in [-0.39, 0.29) is 30.1 Å². The van der Waals surface area contributed by atoms with Crippen LogP contribution in [0, 0.1) is 11.7 Å². The van der Waals surface area contributed by atoms with Crippen molar-refractivity contribution in [3.63, 3.8) is 0 Å². The predicted molar refractivity (Wildman–Crippen MR) is 92.4 cm³/mol. The van der Waals surface area contributed by atoms with Crippen LogP contribution in [0.25, 0.3) is 0 Å². The van der Waals surface area contributed by atoms with E-state index >= 15 is 0 Å². The maximum absolute atomic E-state index is 13.5. The third kappa shape index (κ3) is 5.41. The van der Waals surface area contributed by atoms with Crippen molar-refractivity contribution in [3.05, 3.63) is 35.6 Å². The summed E-state index contributed by atoms with van der Waals surface area (Å²) in [5, 5.41) is 2.89. The molecule has 24 heavy (non-hydrogen) atoms. The highest BCUT2D eigenvalue weighted by Crippen LogP contribution is 2.17. The Hall–Kier alpha value is -1.75. The Morgan fingerprint density at radius 1 is 1.25 bits per heavy atom. The van der Waals surface area contributed by atoms with Crippen molar-refractivity contribution < 1.29 is 14.0 Å². The molecule has 132 valence electrons. The lowest BCUT2D eigenvalue weighted by Crippen LogP contribution is -2.45. The summed E-state index contributed by atoms with van der Waals surface area (Å²) in [6, 6.07) is 6.17. The minimum absolute atomic E-state index is 0.0301.